The molecule has 0 saturated heterocycles. The molecule has 0 atom stereocenters. The van der Waals surface area contributed by atoms with Gasteiger partial charge in [0.05, 0.1) is 0 Å². The van der Waals surface area contributed by atoms with E-state index in [0.29, 0.717) is 17.3 Å². The highest BCUT2D eigenvalue weighted by atomic mass is 32.2. The molecule has 150 valence electrons. The van der Waals surface area contributed by atoms with Crippen molar-refractivity contribution in [1.29, 1.82) is 0 Å². The van der Waals surface area contributed by atoms with E-state index >= 15 is 0 Å². The van der Waals surface area contributed by atoms with Crippen LogP contribution in [0.2, 0.25) is 0 Å². The van der Waals surface area contributed by atoms with Crippen LogP contribution in [0.15, 0.2) is 58.2 Å². The zero-order chi connectivity index (χ0) is 21.0. The van der Waals surface area contributed by atoms with E-state index < -0.39 is 0 Å². The van der Waals surface area contributed by atoms with E-state index in [2.05, 4.69) is 21.7 Å². The number of aromatic nitrogens is 2. The van der Waals surface area contributed by atoms with Gasteiger partial charge in [-0.3, -0.25) is 14.2 Å². The van der Waals surface area contributed by atoms with Crippen LogP contribution in [0.1, 0.15) is 16.8 Å². The number of thioether (sulfide) groups is 1. The molecule has 2 N–H and O–H groups in total. The molecule has 0 aliphatic rings. The summed E-state index contributed by atoms with van der Waals surface area (Å²) in [6.45, 7) is 5.63. The lowest BCUT2D eigenvalue weighted by Gasteiger charge is -2.15. The average molecular weight is 409 g/mol. The molecule has 0 spiro atoms. The van der Waals surface area contributed by atoms with Gasteiger partial charge in [0, 0.05) is 28.0 Å². The van der Waals surface area contributed by atoms with Gasteiger partial charge in [-0.25, -0.2) is 4.98 Å². The highest BCUT2D eigenvalue weighted by molar-refractivity contribution is 7.98. The molecular weight excluding hydrogens is 384 g/mol. The van der Waals surface area contributed by atoms with Gasteiger partial charge in [0.25, 0.3) is 5.56 Å². The first-order chi connectivity index (χ1) is 13.8. The number of aryl methyl sites for hydroxylation is 3. The van der Waals surface area contributed by atoms with Crippen molar-refractivity contribution in [2.24, 2.45) is 0 Å². The largest absolute Gasteiger partial charge is 0.325 e. The highest BCUT2D eigenvalue weighted by Gasteiger charge is 2.12. The molecule has 1 amide bonds. The first-order valence-corrected chi connectivity index (χ1v) is 10.4. The number of carbonyl (C=O) groups is 1. The van der Waals surface area contributed by atoms with E-state index in [1.807, 2.05) is 56.5 Å². The zero-order valence-electron chi connectivity index (χ0n) is 16.9. The maximum Gasteiger partial charge on any atom is 0.255 e. The van der Waals surface area contributed by atoms with Gasteiger partial charge in [0.15, 0.2) is 0 Å². The zero-order valence-corrected chi connectivity index (χ0v) is 17.8. The minimum absolute atomic E-state index is 0.136. The van der Waals surface area contributed by atoms with Crippen molar-refractivity contribution in [3.05, 3.63) is 75.7 Å². The summed E-state index contributed by atoms with van der Waals surface area (Å²) in [6.07, 6.45) is 1.98. The van der Waals surface area contributed by atoms with Crippen molar-refractivity contribution in [1.82, 2.24) is 9.55 Å². The number of amides is 1. The van der Waals surface area contributed by atoms with Crippen LogP contribution >= 0.6 is 11.8 Å². The van der Waals surface area contributed by atoms with Crippen LogP contribution in [0.4, 0.5) is 17.3 Å². The third-order valence-corrected chi connectivity index (χ3v) is 4.99. The minimum atomic E-state index is -0.292. The summed E-state index contributed by atoms with van der Waals surface area (Å²) in [5.74, 6) is 0.0486. The maximum atomic E-state index is 12.6. The standard InChI is InChI=1S/C22H24N4O2S/c1-14-8-15(2)10-18(9-14)25-22-23-16(3)11-21(28)26(22)13-20(27)24-17-6-5-7-19(12-17)29-4/h5-12H,13H2,1-4H3,(H,23,25)(H,24,27). The molecule has 3 aromatic rings. The van der Waals surface area contributed by atoms with Crippen LogP contribution in [0.5, 0.6) is 0 Å². The van der Waals surface area contributed by atoms with Crippen molar-refractivity contribution in [2.45, 2.75) is 32.2 Å². The SMILES string of the molecule is CSc1cccc(NC(=O)Cn2c(Nc3cc(C)cc(C)c3)nc(C)cc2=O)c1. The molecule has 3 rings (SSSR count). The van der Waals surface area contributed by atoms with Crippen molar-refractivity contribution < 1.29 is 4.79 Å². The van der Waals surface area contributed by atoms with Crippen LogP contribution in [0, 0.1) is 20.8 Å². The first kappa shape index (κ1) is 20.7. The second-order valence-corrected chi connectivity index (χ2v) is 7.81. The fourth-order valence-electron chi connectivity index (χ4n) is 3.09. The molecule has 0 aliphatic carbocycles. The molecule has 0 saturated carbocycles. The third-order valence-electron chi connectivity index (χ3n) is 4.27. The van der Waals surface area contributed by atoms with Gasteiger partial charge in [-0.15, -0.1) is 11.8 Å². The number of rotatable bonds is 6. The predicted octanol–water partition coefficient (Wildman–Crippen LogP) is 4.27. The van der Waals surface area contributed by atoms with Crippen LogP contribution in [0.25, 0.3) is 0 Å². The van der Waals surface area contributed by atoms with E-state index in [-0.39, 0.29) is 18.0 Å². The van der Waals surface area contributed by atoms with Gasteiger partial charge in [0.2, 0.25) is 11.9 Å². The number of nitrogens with zero attached hydrogens (tertiary/aromatic N) is 2. The maximum absolute atomic E-state index is 12.6. The Labute approximate surface area is 174 Å². The van der Waals surface area contributed by atoms with Crippen molar-refractivity contribution in [3.63, 3.8) is 0 Å². The quantitative estimate of drug-likeness (QED) is 0.596. The summed E-state index contributed by atoms with van der Waals surface area (Å²) >= 11 is 1.60. The van der Waals surface area contributed by atoms with Crippen molar-refractivity contribution in [2.75, 3.05) is 16.9 Å². The van der Waals surface area contributed by atoms with Gasteiger partial charge < -0.3 is 10.6 Å². The summed E-state index contributed by atoms with van der Waals surface area (Å²) in [6, 6.07) is 15.0. The first-order valence-electron chi connectivity index (χ1n) is 9.22. The summed E-state index contributed by atoms with van der Waals surface area (Å²) in [4.78, 5) is 30.7. The number of carbonyl (C=O) groups excluding carboxylic acids is 1. The second kappa shape index (κ2) is 8.96. The number of hydrogen-bond acceptors (Lipinski definition) is 5. The average Bonchev–Trinajstić information content (AvgIpc) is 2.64. The van der Waals surface area contributed by atoms with E-state index in [1.165, 1.54) is 10.6 Å². The number of hydrogen-bond donors (Lipinski definition) is 2. The molecule has 7 heteroatoms. The molecular formula is C22H24N4O2S. The lowest BCUT2D eigenvalue weighted by molar-refractivity contribution is -0.116. The van der Waals surface area contributed by atoms with Crippen LogP contribution in [-0.4, -0.2) is 21.7 Å². The molecule has 29 heavy (non-hydrogen) atoms. The molecule has 2 aromatic carbocycles. The molecule has 0 radical (unpaired) electrons. The van der Waals surface area contributed by atoms with E-state index in [0.717, 1.165) is 21.7 Å². The lowest BCUT2D eigenvalue weighted by Crippen LogP contribution is -2.30. The lowest BCUT2D eigenvalue weighted by atomic mass is 10.1. The highest BCUT2D eigenvalue weighted by Crippen LogP contribution is 2.20. The second-order valence-electron chi connectivity index (χ2n) is 6.93. The Bertz CT molecular complexity index is 1090. The molecule has 1 heterocycles. The monoisotopic (exact) mass is 408 g/mol. The van der Waals surface area contributed by atoms with Crippen LogP contribution in [0.3, 0.4) is 0 Å². The Morgan fingerprint density at radius 2 is 1.76 bits per heavy atom. The van der Waals surface area contributed by atoms with Gasteiger partial charge in [-0.05, 0) is 68.5 Å². The fourth-order valence-corrected chi connectivity index (χ4v) is 3.55. The van der Waals surface area contributed by atoms with Crippen molar-refractivity contribution >= 4 is 35.0 Å². The molecule has 0 fully saturated rings. The van der Waals surface area contributed by atoms with E-state index in [9.17, 15) is 9.59 Å². The molecule has 6 nitrogen and oxygen atoms in total. The molecule has 0 aliphatic heterocycles. The summed E-state index contributed by atoms with van der Waals surface area (Å²) in [5, 5.41) is 6.04. The summed E-state index contributed by atoms with van der Waals surface area (Å²) in [5.41, 5.74) is 4.02. The number of benzene rings is 2. The predicted molar refractivity (Wildman–Crippen MR) is 119 cm³/mol. The van der Waals surface area contributed by atoms with Crippen LogP contribution in [-0.2, 0) is 11.3 Å². The Kier molecular flexibility index (Phi) is 6.39. The summed E-state index contributed by atoms with van der Waals surface area (Å²) in [7, 11) is 0. The molecule has 1 aromatic heterocycles. The Morgan fingerprint density at radius 1 is 1.03 bits per heavy atom. The fraction of sp³-hybridized carbons (Fsp3) is 0.227. The molecule has 0 unspecified atom stereocenters. The Morgan fingerprint density at radius 3 is 2.45 bits per heavy atom. The van der Waals surface area contributed by atoms with E-state index in [1.54, 1.807) is 18.7 Å². The smallest absolute Gasteiger partial charge is 0.255 e. The summed E-state index contributed by atoms with van der Waals surface area (Å²) < 4.78 is 1.35. The minimum Gasteiger partial charge on any atom is -0.325 e. The Hall–Kier alpha value is -3.06. The topological polar surface area (TPSA) is 76.0 Å². The third kappa shape index (κ3) is 5.48. The van der Waals surface area contributed by atoms with Gasteiger partial charge >= 0.3 is 0 Å². The number of nitrogens with one attached hydrogen (secondary N) is 2. The van der Waals surface area contributed by atoms with Gasteiger partial charge in [0.1, 0.15) is 6.54 Å². The van der Waals surface area contributed by atoms with Gasteiger partial charge in [-0.2, -0.15) is 0 Å². The van der Waals surface area contributed by atoms with Gasteiger partial charge in [-0.1, -0.05) is 12.1 Å². The molecule has 0 bridgehead atoms. The van der Waals surface area contributed by atoms with E-state index in [4.69, 9.17) is 0 Å². The number of anilines is 3. The normalized spacial score (nSPS) is 10.6. The van der Waals surface area contributed by atoms with Crippen LogP contribution < -0.4 is 16.2 Å². The Balaban J connectivity index is 1.86. The van der Waals surface area contributed by atoms with Crippen molar-refractivity contribution in [3.8, 4) is 0 Å².